The van der Waals surface area contributed by atoms with Gasteiger partial charge in [-0.3, -0.25) is 24.1 Å². The molecule has 13 aliphatic rings. The Morgan fingerprint density at radius 1 is 0.452 bits per heavy atom. The zero-order valence-corrected chi connectivity index (χ0v) is 84.1. The van der Waals surface area contributed by atoms with Crippen LogP contribution < -0.4 is 59.5 Å². The van der Waals surface area contributed by atoms with Crippen LogP contribution in [0.3, 0.4) is 0 Å². The van der Waals surface area contributed by atoms with Crippen LogP contribution in [0.1, 0.15) is 77.0 Å². The van der Waals surface area contributed by atoms with E-state index in [4.69, 9.17) is 103 Å². The first kappa shape index (κ1) is 98.5. The number of nitrogens with zero attached hydrogens (tertiary/aromatic N) is 16. The van der Waals surface area contributed by atoms with Gasteiger partial charge in [0.05, 0.1) is 114 Å². The molecule has 13 aromatic rings. The molecular formula is C106H101Cl6F3N20O11. The second-order valence-corrected chi connectivity index (χ2v) is 40.6. The monoisotopic (exact) mass is 2100 g/mol. The van der Waals surface area contributed by atoms with Crippen LogP contribution >= 0.6 is 69.6 Å². The third kappa shape index (κ3) is 19.4. The molecule has 8 aromatic carbocycles. The van der Waals surface area contributed by atoms with Crippen molar-refractivity contribution in [3.05, 3.63) is 232 Å². The summed E-state index contributed by atoms with van der Waals surface area (Å²) in [5.41, 5.74) is 6.68. The van der Waals surface area contributed by atoms with Crippen molar-refractivity contribution in [2.75, 3.05) is 111 Å². The molecule has 754 valence electrons. The van der Waals surface area contributed by atoms with E-state index in [0.29, 0.717) is 118 Å². The number of likely N-dealkylation sites (N-methyl/N-ethyl adjacent to an activating group) is 1. The summed E-state index contributed by atoms with van der Waals surface area (Å²) in [4.78, 5) is 99.8. The maximum atomic E-state index is 14.7. The zero-order chi connectivity index (χ0) is 101. The molecule has 5 aromatic heterocycles. The van der Waals surface area contributed by atoms with Crippen molar-refractivity contribution in [3.8, 4) is 34.5 Å². The summed E-state index contributed by atoms with van der Waals surface area (Å²) in [6, 6.07) is 31.8. The third-order valence-electron chi connectivity index (χ3n) is 29.9. The smallest absolute Gasteiger partial charge is 0.246 e. The molecule has 11 fully saturated rings. The highest BCUT2D eigenvalue weighted by Gasteiger charge is 2.53. The fourth-order valence-electron chi connectivity index (χ4n) is 22.9. The van der Waals surface area contributed by atoms with Crippen molar-refractivity contribution in [1.82, 2.24) is 69.5 Å². The molecule has 31 nitrogen and oxygen atoms in total. The first-order valence-corrected chi connectivity index (χ1v) is 50.8. The van der Waals surface area contributed by atoms with Crippen LogP contribution in [0, 0.1) is 41.1 Å². The van der Waals surface area contributed by atoms with E-state index in [1.807, 2.05) is 86.3 Å². The number of likely N-dealkylation sites (tertiary alicyclic amines) is 1. The number of hydrogen-bond donors (Lipinski definition) is 4. The summed E-state index contributed by atoms with van der Waals surface area (Å²) < 4.78 is 85.6. The molecular weight excluding hydrogens is 2000 g/mol. The van der Waals surface area contributed by atoms with Gasteiger partial charge in [0, 0.05) is 156 Å². The molecule has 146 heavy (non-hydrogen) atoms. The van der Waals surface area contributed by atoms with Gasteiger partial charge in [0.25, 0.3) is 0 Å². The van der Waals surface area contributed by atoms with Crippen molar-refractivity contribution < 1.29 is 65.3 Å². The third-order valence-corrected chi connectivity index (χ3v) is 32.3. The molecule has 4 amide bonds. The van der Waals surface area contributed by atoms with Gasteiger partial charge in [-0.05, 0) is 187 Å². The van der Waals surface area contributed by atoms with Crippen molar-refractivity contribution in [2.45, 2.75) is 132 Å². The quantitative estimate of drug-likeness (QED) is 0.0383. The van der Waals surface area contributed by atoms with Crippen LogP contribution in [0.15, 0.2) is 189 Å². The fourth-order valence-corrected chi connectivity index (χ4v) is 23.8. The molecule has 2 aliphatic carbocycles. The Balaban J connectivity index is 0.000000115. The Hall–Kier alpha value is -13.5. The van der Waals surface area contributed by atoms with E-state index < -0.39 is 17.5 Å². The number of amides is 4. The Kier molecular flexibility index (Phi) is 28.2. The predicted molar refractivity (Wildman–Crippen MR) is 557 cm³/mol. The van der Waals surface area contributed by atoms with Gasteiger partial charge >= 0.3 is 0 Å². The maximum absolute atomic E-state index is 14.7. The average molecular weight is 2100 g/mol. The molecule has 16 heterocycles. The van der Waals surface area contributed by atoms with Crippen molar-refractivity contribution in [2.24, 2.45) is 23.7 Å². The highest BCUT2D eigenvalue weighted by atomic mass is 35.5. The summed E-state index contributed by atoms with van der Waals surface area (Å²) in [6.45, 7) is 17.5. The van der Waals surface area contributed by atoms with Gasteiger partial charge in [-0.1, -0.05) is 101 Å². The molecule has 26 rings (SSSR count). The number of fused-ring (bicyclic) bond motifs is 15. The van der Waals surface area contributed by atoms with Gasteiger partial charge in [0.1, 0.15) is 85.5 Å². The van der Waals surface area contributed by atoms with E-state index in [1.165, 1.54) is 86.4 Å². The van der Waals surface area contributed by atoms with Gasteiger partial charge < -0.3 is 83.6 Å². The van der Waals surface area contributed by atoms with E-state index in [-0.39, 0.29) is 125 Å². The summed E-state index contributed by atoms with van der Waals surface area (Å²) in [7, 11) is 5.30. The number of anilines is 10. The lowest BCUT2D eigenvalue weighted by molar-refractivity contribution is -0.142. The van der Waals surface area contributed by atoms with E-state index in [9.17, 15) is 32.3 Å². The highest BCUT2D eigenvalue weighted by Crippen LogP contribution is 2.53. The summed E-state index contributed by atoms with van der Waals surface area (Å²) >= 11 is 35.8. The Morgan fingerprint density at radius 2 is 0.890 bits per heavy atom. The minimum atomic E-state index is -0.669. The lowest BCUT2D eigenvalue weighted by Crippen LogP contribution is -2.66. The fraction of sp³-hybridized carbons (Fsp3) is 0.349. The van der Waals surface area contributed by atoms with Crippen LogP contribution in [0.2, 0.25) is 30.1 Å². The second kappa shape index (κ2) is 41.8. The van der Waals surface area contributed by atoms with Crippen LogP contribution in [0.25, 0.3) is 54.6 Å². The normalized spacial score (nSPS) is 22.9. The second-order valence-electron chi connectivity index (χ2n) is 38.3. The SMILES string of the molecule is C=CC(=O)N1C[C@H]2C[C@@H](C1)C2N1CCOc2cc3ncnc(Nc4ccc(Cl)c(Cl)c4F)c3cc21.C=CC(=O)N1[C@@H]2CC[C@H]1CC(N1CCOc3cc4ncnc(Nc5ccc(Cl)c(Cl)c5F)c4cc31)C2.C=CC(=O)N1[C@@H]2CC[C@H]1CC(Oc1cc3c(Nc4ccc5oncc5c4)ncnc3cc1OC)C2.COc1cc2ncnc(Nc3ccc(Cl)c(Cl)c3F)c2cc1OC1[C@@H]2C[C@H]1CN(C(=O)/C=C/C1CCCN1C)C2. The molecule has 0 radical (unpaired) electrons. The predicted octanol–water partition coefficient (Wildman–Crippen LogP) is 21.1. The molecule has 2 saturated carbocycles. The van der Waals surface area contributed by atoms with Gasteiger partial charge in [-0.15, -0.1) is 0 Å². The number of rotatable bonds is 21. The Morgan fingerprint density at radius 3 is 1.37 bits per heavy atom. The molecule has 9 saturated heterocycles. The van der Waals surface area contributed by atoms with Crippen LogP contribution in [0.4, 0.5) is 70.6 Å². The Labute approximate surface area is 867 Å². The lowest BCUT2D eigenvalue weighted by Gasteiger charge is -2.58. The summed E-state index contributed by atoms with van der Waals surface area (Å²) in [5.74, 6) is 5.23. The van der Waals surface area contributed by atoms with Gasteiger partial charge in [-0.25, -0.2) is 53.0 Å². The van der Waals surface area contributed by atoms with E-state index in [0.717, 1.165) is 165 Å². The number of hydrogen-bond acceptors (Lipinski definition) is 27. The van der Waals surface area contributed by atoms with E-state index >= 15 is 0 Å². The number of aromatic nitrogens is 9. The zero-order valence-electron chi connectivity index (χ0n) is 79.6. The topological polar surface area (TPSA) is 324 Å². The highest BCUT2D eigenvalue weighted by molar-refractivity contribution is 6.43. The molecule has 40 heteroatoms. The van der Waals surface area contributed by atoms with E-state index in [1.54, 1.807) is 32.6 Å². The number of nitrogens with one attached hydrogen (secondary N) is 4. The number of ether oxygens (including phenoxy) is 6. The van der Waals surface area contributed by atoms with Gasteiger partial charge in [0.2, 0.25) is 23.6 Å². The number of carbonyl (C=O) groups excluding carboxylic acids is 4. The number of piperidine rings is 6. The first-order valence-electron chi connectivity index (χ1n) is 48.5. The van der Waals surface area contributed by atoms with Crippen LogP contribution in [0.5, 0.6) is 34.5 Å². The average Bonchev–Trinajstić information content (AvgIpc) is 0.917. The summed E-state index contributed by atoms with van der Waals surface area (Å²) in [5, 5.41) is 20.1. The first-order chi connectivity index (χ1) is 70.8. The van der Waals surface area contributed by atoms with Crippen molar-refractivity contribution >= 4 is 205 Å². The summed E-state index contributed by atoms with van der Waals surface area (Å²) in [6.07, 6.45) is 27.2. The molecule has 5 unspecified atom stereocenters. The van der Waals surface area contributed by atoms with Crippen LogP contribution in [-0.2, 0) is 19.2 Å². The Bertz CT molecular complexity index is 7340. The number of methoxy groups -OCH3 is 2. The lowest BCUT2D eigenvalue weighted by atomic mass is 9.65. The van der Waals surface area contributed by atoms with E-state index in [2.05, 4.69) is 108 Å². The molecule has 0 spiro atoms. The van der Waals surface area contributed by atoms with Crippen molar-refractivity contribution in [3.63, 3.8) is 0 Å². The molecule has 13 atom stereocenters. The maximum Gasteiger partial charge on any atom is 0.246 e. The number of carbonyl (C=O) groups is 4. The molecule has 11 aliphatic heterocycles. The molecule has 8 bridgehead atoms. The minimum absolute atomic E-state index is 0.00563. The van der Waals surface area contributed by atoms with Crippen molar-refractivity contribution in [1.29, 1.82) is 0 Å². The molecule has 4 N–H and O–H groups in total. The minimum Gasteiger partial charge on any atom is -0.493 e. The van der Waals surface area contributed by atoms with Crippen LogP contribution in [-0.4, -0.2) is 228 Å². The van der Waals surface area contributed by atoms with Gasteiger partial charge in [-0.2, -0.15) is 0 Å². The number of halogens is 9. The van der Waals surface area contributed by atoms with Gasteiger partial charge in [0.15, 0.2) is 46.0 Å². The standard InChI is InChI=1S/C29H30Cl2FN5O3.C26H24Cl2FN5O2.C26H25N5O4.C25H22Cl2FN5O2/c1-36-9-3-4-18(36)5-8-25(38)37-13-16-10-17(14-37)28(16)40-24-11-19-22(12-23(24)39-2)33-15-34-29(19)35-21-7-6-20(30)26(31)27(21)32;1-2-23(35)34-14-3-4-15(34)10-16(9-14)33-7-8-36-22-12-20-17(11-21(22)33)26(31-13-30-20)32-19-6-5-18(27)24(28)25(19)29;1-3-25(32)31-17-5-6-18(31)10-19(9-17)34-24-11-20-21(12-23(24)33-2)27-14-28-26(20)30-16-4-7-22-15(8-16)13-29-35-22;1-2-21(34)32-10-13-7-14(11-32)24(13)33-5-6-35-20-9-18-15(8-19(20)33)25(30-12-29-18)31-17-4-3-16(26)22(27)23(17)28/h5-8,11-12,15-18,28H,3-4,9-10,13-14H2,1-2H3,(H,33,34,35);2,5-6,11-16H,1,3-4,7-10H2,(H,30,31,32);3-4,7-8,11-14,17-19H,1,5-6,9-10H2,2H3,(H,27,28,30);2-4,8-9,12-14,24H,1,5-7,10-11H2,(H,29,30,31)/b8-5+;;;/t16-,17+,18?,28?;14-,15+,16?;17-,18+,19?;13-,14+,24?. The largest absolute Gasteiger partial charge is 0.493 e. The number of benzene rings is 8.